The number of nitrogens with one attached hydrogen (secondary N) is 1. The largest absolute Gasteiger partial charge is 0.375 e. The Hall–Kier alpha value is -0.580. The molecule has 19 heavy (non-hydrogen) atoms. The molecule has 0 spiro atoms. The minimum Gasteiger partial charge on any atom is -0.375 e. The van der Waals surface area contributed by atoms with Gasteiger partial charge in [-0.3, -0.25) is 4.79 Å². The molecule has 1 aliphatic heterocycles. The normalized spacial score (nSPS) is 22.0. The molecule has 0 radical (unpaired) electrons. The lowest BCUT2D eigenvalue weighted by Gasteiger charge is -2.35. The summed E-state index contributed by atoms with van der Waals surface area (Å²) in [7, 11) is 0. The molecule has 1 saturated heterocycles. The zero-order valence-electron chi connectivity index (χ0n) is 11.0. The Morgan fingerprint density at radius 1 is 1.53 bits per heavy atom. The van der Waals surface area contributed by atoms with Crippen molar-refractivity contribution in [3.8, 4) is 0 Å². The summed E-state index contributed by atoms with van der Waals surface area (Å²) in [6.07, 6.45) is 1.64. The van der Waals surface area contributed by atoms with E-state index in [1.165, 1.54) is 0 Å². The smallest absolute Gasteiger partial charge is 0.253 e. The molecule has 1 aliphatic rings. The van der Waals surface area contributed by atoms with Crippen LogP contribution in [0.5, 0.6) is 0 Å². The fourth-order valence-corrected chi connectivity index (χ4v) is 2.88. The third-order valence-electron chi connectivity index (χ3n) is 3.23. The van der Waals surface area contributed by atoms with Gasteiger partial charge in [-0.2, -0.15) is 0 Å². The van der Waals surface area contributed by atoms with Crippen molar-refractivity contribution < 1.29 is 9.53 Å². The molecule has 2 rings (SSSR count). The Morgan fingerprint density at radius 3 is 2.95 bits per heavy atom. The van der Waals surface area contributed by atoms with Gasteiger partial charge in [0.05, 0.1) is 16.2 Å². The van der Waals surface area contributed by atoms with Gasteiger partial charge in [-0.15, -0.1) is 0 Å². The molecule has 5 heteroatoms. The van der Waals surface area contributed by atoms with E-state index in [9.17, 15) is 4.79 Å². The maximum absolute atomic E-state index is 12.2. The second kappa shape index (κ2) is 5.81. The zero-order chi connectivity index (χ0) is 14.0. The van der Waals surface area contributed by atoms with E-state index in [1.54, 1.807) is 12.1 Å². The lowest BCUT2D eigenvalue weighted by Crippen LogP contribution is -2.45. The number of hydrogen-bond donors (Lipinski definition) is 1. The van der Waals surface area contributed by atoms with E-state index < -0.39 is 0 Å². The van der Waals surface area contributed by atoms with Gasteiger partial charge in [0.15, 0.2) is 0 Å². The van der Waals surface area contributed by atoms with Crippen molar-refractivity contribution in [2.45, 2.75) is 38.3 Å². The third-order valence-corrected chi connectivity index (χ3v) is 4.52. The number of benzene rings is 1. The predicted molar refractivity (Wildman–Crippen MR) is 79.7 cm³/mol. The van der Waals surface area contributed by atoms with E-state index in [1.807, 2.05) is 19.9 Å². The second-order valence-corrected chi connectivity index (χ2v) is 6.61. The highest BCUT2D eigenvalue weighted by atomic mass is 79.9. The summed E-state index contributed by atoms with van der Waals surface area (Å²) in [5.41, 5.74) is 0.317. The predicted octanol–water partition coefficient (Wildman–Crippen LogP) is 3.79. The molecule has 1 atom stereocenters. The highest BCUT2D eigenvalue weighted by Crippen LogP contribution is 2.27. The third kappa shape index (κ3) is 3.71. The van der Waals surface area contributed by atoms with E-state index in [-0.39, 0.29) is 17.6 Å². The molecule has 1 amide bonds. The average molecular weight is 347 g/mol. The van der Waals surface area contributed by atoms with Crippen LogP contribution >= 0.6 is 27.5 Å². The second-order valence-electron chi connectivity index (χ2n) is 5.37. The van der Waals surface area contributed by atoms with Gasteiger partial charge in [0.1, 0.15) is 0 Å². The fraction of sp³-hybridized carbons (Fsp3) is 0.500. The first kappa shape index (κ1) is 14.8. The fourth-order valence-electron chi connectivity index (χ4n) is 2.30. The lowest BCUT2D eigenvalue weighted by molar-refractivity contribution is -0.0615. The zero-order valence-corrected chi connectivity index (χ0v) is 13.3. The molecule has 1 fully saturated rings. The highest BCUT2D eigenvalue weighted by molar-refractivity contribution is 9.10. The Balaban J connectivity index is 2.07. The Labute approximate surface area is 126 Å². The van der Waals surface area contributed by atoms with E-state index in [2.05, 4.69) is 21.2 Å². The summed E-state index contributed by atoms with van der Waals surface area (Å²) in [5, 5.41) is 3.48. The van der Waals surface area contributed by atoms with Crippen LogP contribution in [0.1, 0.15) is 37.0 Å². The van der Waals surface area contributed by atoms with Crippen LogP contribution in [0.3, 0.4) is 0 Å². The Bertz CT molecular complexity index is 490. The molecule has 104 valence electrons. The molecule has 0 saturated carbocycles. The van der Waals surface area contributed by atoms with Gasteiger partial charge in [0, 0.05) is 17.1 Å². The van der Waals surface area contributed by atoms with E-state index >= 15 is 0 Å². The van der Waals surface area contributed by atoms with E-state index in [0.29, 0.717) is 17.2 Å². The summed E-state index contributed by atoms with van der Waals surface area (Å²) >= 11 is 9.46. The van der Waals surface area contributed by atoms with Crippen LogP contribution in [0.25, 0.3) is 0 Å². The van der Waals surface area contributed by atoms with Crippen LogP contribution in [-0.2, 0) is 4.74 Å². The minimum absolute atomic E-state index is 0.131. The van der Waals surface area contributed by atoms with Crippen LogP contribution in [0.15, 0.2) is 22.7 Å². The van der Waals surface area contributed by atoms with Crippen molar-refractivity contribution in [2.24, 2.45) is 0 Å². The van der Waals surface area contributed by atoms with Crippen molar-refractivity contribution >= 4 is 33.4 Å². The molecule has 1 unspecified atom stereocenters. The molecular formula is C14H17BrClNO2. The number of rotatable bonds is 2. The summed E-state index contributed by atoms with van der Waals surface area (Å²) in [6.45, 7) is 4.75. The van der Waals surface area contributed by atoms with Gasteiger partial charge >= 0.3 is 0 Å². The monoisotopic (exact) mass is 345 g/mol. The van der Waals surface area contributed by atoms with Crippen LogP contribution in [0, 0.1) is 0 Å². The van der Waals surface area contributed by atoms with Crippen molar-refractivity contribution in [3.63, 3.8) is 0 Å². The molecule has 0 aromatic heterocycles. The van der Waals surface area contributed by atoms with Crippen molar-refractivity contribution in [1.29, 1.82) is 0 Å². The summed E-state index contributed by atoms with van der Waals surface area (Å²) in [5.74, 6) is -0.131. The van der Waals surface area contributed by atoms with Gasteiger partial charge in [-0.05, 0) is 54.8 Å². The van der Waals surface area contributed by atoms with Crippen LogP contribution in [0.4, 0.5) is 0 Å². The van der Waals surface area contributed by atoms with Gasteiger partial charge in [-0.1, -0.05) is 17.7 Å². The van der Waals surface area contributed by atoms with Crippen LogP contribution in [-0.4, -0.2) is 24.2 Å². The number of halogens is 2. The molecule has 1 aromatic rings. The van der Waals surface area contributed by atoms with Crippen LogP contribution in [0.2, 0.25) is 5.02 Å². The first-order valence-corrected chi connectivity index (χ1v) is 7.45. The SMILES string of the molecule is CC1(C)CC(NC(=O)c2cccc(Br)c2Cl)CCO1. The number of amides is 1. The van der Waals surface area contributed by atoms with Crippen LogP contribution < -0.4 is 5.32 Å². The maximum atomic E-state index is 12.2. The van der Waals surface area contributed by atoms with Crippen molar-refractivity contribution in [1.82, 2.24) is 5.32 Å². The first-order chi connectivity index (χ1) is 8.89. The topological polar surface area (TPSA) is 38.3 Å². The minimum atomic E-state index is -0.183. The van der Waals surface area contributed by atoms with Gasteiger partial charge < -0.3 is 10.1 Å². The molecule has 0 aliphatic carbocycles. The standard InChI is InChI=1S/C14H17BrClNO2/c1-14(2)8-9(6-7-19-14)17-13(18)10-4-3-5-11(15)12(10)16/h3-5,9H,6-8H2,1-2H3,(H,17,18). The van der Waals surface area contributed by atoms with Gasteiger partial charge in [0.2, 0.25) is 0 Å². The summed E-state index contributed by atoms with van der Waals surface area (Å²) < 4.78 is 6.37. The Morgan fingerprint density at radius 2 is 2.26 bits per heavy atom. The molecule has 1 aromatic carbocycles. The van der Waals surface area contributed by atoms with E-state index in [4.69, 9.17) is 16.3 Å². The first-order valence-electron chi connectivity index (χ1n) is 6.28. The molecule has 1 heterocycles. The summed E-state index contributed by atoms with van der Waals surface area (Å²) in [4.78, 5) is 12.2. The number of hydrogen-bond acceptors (Lipinski definition) is 2. The lowest BCUT2D eigenvalue weighted by atomic mass is 9.94. The van der Waals surface area contributed by atoms with Gasteiger partial charge in [-0.25, -0.2) is 0 Å². The number of ether oxygens (including phenoxy) is 1. The highest BCUT2D eigenvalue weighted by Gasteiger charge is 2.30. The number of carbonyl (C=O) groups excluding carboxylic acids is 1. The van der Waals surface area contributed by atoms with Gasteiger partial charge in [0.25, 0.3) is 5.91 Å². The quantitative estimate of drug-likeness (QED) is 0.885. The molecule has 1 N–H and O–H groups in total. The van der Waals surface area contributed by atoms with Crippen molar-refractivity contribution in [3.05, 3.63) is 33.3 Å². The van der Waals surface area contributed by atoms with E-state index in [0.717, 1.165) is 17.3 Å². The van der Waals surface area contributed by atoms with Crippen molar-refractivity contribution in [2.75, 3.05) is 6.61 Å². The molecular weight excluding hydrogens is 330 g/mol. The Kier molecular flexibility index (Phi) is 4.54. The average Bonchev–Trinajstić information content (AvgIpc) is 2.31. The molecule has 0 bridgehead atoms. The number of carbonyl (C=O) groups is 1. The maximum Gasteiger partial charge on any atom is 0.253 e. The molecule has 3 nitrogen and oxygen atoms in total. The summed E-state index contributed by atoms with van der Waals surface area (Å²) in [6, 6.07) is 5.48.